The third-order valence-electron chi connectivity index (χ3n) is 36.7. The lowest BCUT2D eigenvalue weighted by Crippen LogP contribution is -2.04. The van der Waals surface area contributed by atoms with Crippen LogP contribution >= 0.6 is 0 Å². The van der Waals surface area contributed by atoms with Crippen LogP contribution in [0.15, 0.2) is 0 Å². The number of methoxy groups -OCH3 is 2. The lowest BCUT2D eigenvalue weighted by atomic mass is 9.79. The molecule has 0 unspecified atom stereocenters. The molecule has 712 valence electrons. The van der Waals surface area contributed by atoms with Crippen molar-refractivity contribution in [1.82, 2.24) is 4.98 Å². The Kier molecular flexibility index (Phi) is 29.3. The van der Waals surface area contributed by atoms with Crippen LogP contribution in [-0.2, 0) is 0 Å². The summed E-state index contributed by atoms with van der Waals surface area (Å²) < 4.78 is 11.8. The monoisotopic (exact) mass is 1800 g/mol. The van der Waals surface area contributed by atoms with Gasteiger partial charge in [0, 0.05) is 33.0 Å². The van der Waals surface area contributed by atoms with Gasteiger partial charge in [-0.15, -0.1) is 0 Å². The number of fused-ring (bicyclic) bond motifs is 13. The van der Waals surface area contributed by atoms with Crippen LogP contribution in [0.25, 0.3) is 108 Å². The Morgan fingerprint density at radius 3 is 0.548 bits per heavy atom. The van der Waals surface area contributed by atoms with Gasteiger partial charge in [0.1, 0.15) is 11.5 Å². The summed E-state index contributed by atoms with van der Waals surface area (Å²) in [6.07, 6.45) is 0. The van der Waals surface area contributed by atoms with Gasteiger partial charge in [0.2, 0.25) is 0 Å². The Bertz CT molecular complexity index is 7510. The van der Waals surface area contributed by atoms with E-state index in [9.17, 15) is 10.1 Å². The van der Waals surface area contributed by atoms with Crippen molar-refractivity contribution in [3.8, 4) is 11.5 Å². The molecule has 0 aliphatic heterocycles. The van der Waals surface area contributed by atoms with Crippen molar-refractivity contribution in [2.75, 3.05) is 14.2 Å². The Labute approximate surface area is 812 Å². The fourth-order valence-corrected chi connectivity index (χ4v) is 24.3. The SMILES string of the molecule is COc1c(C)c(C)c2c(C)c(C)c3c4c(C)c(C)c(C)c(C)c4c(C)c(C)c3c2c1C.COc1c2c(C)c(C)c(C)c(C)c2c(C)c2c(C)c(C)c([N+](=O)[O-])c(C)c12.Cc1c(C)c(C)c2c(C)c(C)c(C)c(C)c2c1C.Cc1c(C)c(C)c2c(C)c(C)c(C)c(C)c2c1C.Cc1c(C)c(C)c2c(c1C)c(C)c(C)c1c(C)c(C)c(C)c(C)c12.Cc1nc2c(C)c(C)c(C)c(C)c2c(C)c1C. The molecule has 16 aromatic rings. The molecule has 0 aliphatic rings. The second-order valence-electron chi connectivity index (χ2n) is 41.7. The van der Waals surface area contributed by atoms with Crippen LogP contribution in [0.1, 0.15) is 289 Å². The minimum Gasteiger partial charge on any atom is -0.496 e. The molecule has 15 aromatic carbocycles. The quantitative estimate of drug-likeness (QED) is 0.0763. The molecule has 0 spiro atoms. The molecule has 6 nitrogen and oxygen atoms in total. The molecule has 0 saturated heterocycles. The van der Waals surface area contributed by atoms with Crippen molar-refractivity contribution in [1.29, 1.82) is 0 Å². The van der Waals surface area contributed by atoms with Crippen molar-refractivity contribution < 1.29 is 14.4 Å². The first kappa shape index (κ1) is 105. The summed E-state index contributed by atoms with van der Waals surface area (Å²) in [5.74, 6) is 1.78. The number of hydrogen-bond donors (Lipinski definition) is 0. The molecule has 0 aliphatic carbocycles. The van der Waals surface area contributed by atoms with E-state index in [-0.39, 0.29) is 10.6 Å². The number of nitro benzene ring substituents is 1. The number of pyridine rings is 1. The summed E-state index contributed by atoms with van der Waals surface area (Å²) in [6, 6.07) is 0. The number of benzene rings is 15. The Hall–Kier alpha value is -11.0. The largest absolute Gasteiger partial charge is 0.496 e. The lowest BCUT2D eigenvalue weighted by molar-refractivity contribution is -0.385. The molecule has 0 saturated carbocycles. The average molecular weight is 1800 g/mol. The molecular weight excluding hydrogens is 1640 g/mol. The van der Waals surface area contributed by atoms with Gasteiger partial charge < -0.3 is 9.47 Å². The van der Waals surface area contributed by atoms with Gasteiger partial charge >= 0.3 is 0 Å². The lowest BCUT2D eigenvalue weighted by Gasteiger charge is -2.26. The zero-order valence-electron chi connectivity index (χ0n) is 94.0. The number of aromatic nitrogens is 1. The van der Waals surface area contributed by atoms with Crippen LogP contribution in [0.3, 0.4) is 0 Å². The maximum atomic E-state index is 11.8. The van der Waals surface area contributed by atoms with E-state index in [1.165, 1.54) is 359 Å². The number of ether oxygens (including phenoxy) is 2. The van der Waals surface area contributed by atoms with E-state index in [0.29, 0.717) is 5.56 Å². The van der Waals surface area contributed by atoms with Crippen LogP contribution in [0.5, 0.6) is 11.5 Å². The van der Waals surface area contributed by atoms with Gasteiger partial charge in [0.25, 0.3) is 5.69 Å². The van der Waals surface area contributed by atoms with Gasteiger partial charge in [-0.25, -0.2) is 0 Å². The maximum absolute atomic E-state index is 11.8. The Morgan fingerprint density at radius 2 is 0.304 bits per heavy atom. The molecule has 0 fully saturated rings. The van der Waals surface area contributed by atoms with Crippen molar-refractivity contribution >= 4 is 114 Å². The van der Waals surface area contributed by atoms with Crippen molar-refractivity contribution in [3.63, 3.8) is 0 Å². The van der Waals surface area contributed by atoms with Crippen molar-refractivity contribution in [2.24, 2.45) is 0 Å². The van der Waals surface area contributed by atoms with Gasteiger partial charge in [-0.05, 0) is 719 Å². The number of hydrogen-bond acceptors (Lipinski definition) is 5. The second kappa shape index (κ2) is 37.9. The molecule has 16 rings (SSSR count). The summed E-state index contributed by atoms with van der Waals surface area (Å²) in [7, 11) is 3.46. The van der Waals surface area contributed by atoms with Gasteiger partial charge in [-0.1, -0.05) is 0 Å². The predicted octanol–water partition coefficient (Wildman–Crippen LogP) is 37.0. The number of nitrogens with zero attached hydrogens (tertiary/aromatic N) is 2. The maximum Gasteiger partial charge on any atom is 0.276 e. The zero-order valence-corrected chi connectivity index (χ0v) is 94.0. The van der Waals surface area contributed by atoms with E-state index < -0.39 is 0 Å². The fraction of sp³-hybridized carbons (Fsp3) is 0.419. The van der Waals surface area contributed by atoms with Gasteiger partial charge in [-0.3, -0.25) is 15.1 Å². The highest BCUT2D eigenvalue weighted by Crippen LogP contribution is 2.53. The van der Waals surface area contributed by atoms with E-state index in [4.69, 9.17) is 14.5 Å². The first-order chi connectivity index (χ1) is 62.6. The normalized spacial score (nSPS) is 11.5. The van der Waals surface area contributed by atoms with Crippen molar-refractivity contribution in [3.05, 3.63) is 300 Å². The number of rotatable bonds is 3. The Morgan fingerprint density at radius 1 is 0.148 bits per heavy atom. The summed E-state index contributed by atoms with van der Waals surface area (Å²) in [4.78, 5) is 16.3. The smallest absolute Gasteiger partial charge is 0.276 e. The van der Waals surface area contributed by atoms with Crippen LogP contribution < -0.4 is 9.47 Å². The van der Waals surface area contributed by atoms with Gasteiger partial charge in [0.15, 0.2) is 0 Å². The zero-order chi connectivity index (χ0) is 102. The van der Waals surface area contributed by atoms with E-state index in [0.717, 1.165) is 44.5 Å². The van der Waals surface area contributed by atoms with Gasteiger partial charge in [-0.2, -0.15) is 0 Å². The van der Waals surface area contributed by atoms with E-state index in [1.54, 1.807) is 14.2 Å². The molecule has 0 N–H and O–H groups in total. The van der Waals surface area contributed by atoms with Crippen LogP contribution in [-0.4, -0.2) is 24.1 Å². The van der Waals surface area contributed by atoms with E-state index in [2.05, 4.69) is 339 Å². The highest BCUT2D eigenvalue weighted by molar-refractivity contribution is 6.25. The summed E-state index contributed by atoms with van der Waals surface area (Å²) in [6.45, 7) is 116. The minimum absolute atomic E-state index is 0.190. The van der Waals surface area contributed by atoms with Crippen LogP contribution in [0.4, 0.5) is 5.69 Å². The molecule has 6 heteroatoms. The van der Waals surface area contributed by atoms with E-state index in [1.807, 2.05) is 20.8 Å². The molecule has 0 radical (unpaired) electrons. The molecule has 0 bridgehead atoms. The highest BCUT2D eigenvalue weighted by atomic mass is 16.6. The molecular formula is C129H162N2O4. The van der Waals surface area contributed by atoms with Crippen LogP contribution in [0.2, 0.25) is 0 Å². The predicted molar refractivity (Wildman–Crippen MR) is 598 cm³/mol. The molecule has 0 amide bonds. The summed E-state index contributed by atoms with van der Waals surface area (Å²) >= 11 is 0. The first-order valence-electron chi connectivity index (χ1n) is 49.3. The first-order valence-corrected chi connectivity index (χ1v) is 49.3. The summed E-state index contributed by atoms with van der Waals surface area (Å²) in [5, 5.41) is 37.7. The average Bonchev–Trinajstić information content (AvgIpc) is 0.715. The number of nitro groups is 1. The summed E-state index contributed by atoms with van der Waals surface area (Å²) in [5.41, 5.74) is 72.1. The molecule has 0 atom stereocenters. The third kappa shape index (κ3) is 15.9. The van der Waals surface area contributed by atoms with Crippen molar-refractivity contribution in [2.45, 2.75) is 360 Å². The minimum atomic E-state index is -0.269. The fourth-order valence-electron chi connectivity index (χ4n) is 24.3. The second-order valence-corrected chi connectivity index (χ2v) is 41.7. The topological polar surface area (TPSA) is 74.5 Å². The molecule has 1 heterocycles. The number of aryl methyl sites for hydroxylation is 31. The third-order valence-corrected chi connectivity index (χ3v) is 36.7. The molecule has 135 heavy (non-hydrogen) atoms. The highest BCUT2D eigenvalue weighted by Gasteiger charge is 2.31. The standard InChI is InChI=1S/C30H36O.C24H30.C23H27NO3.2C18H24.C16H21N/c1-13-14(2)16(4)26-24(15(13)3)17(5)20(8)28-27(26)19(7)18(6)25-21(9)22(10)30(31-12)23(11)29(25)28;1-11-13(3)17(7)23-21(15(11)5)19(9)20(10)22-16(6)12(2)14(4)18(8)24(22)23;1-10-11(2)13(4)20-18(12(10)3)16(7)19-14(5)15(6)22(24(25)26)17(8)21(19)23(20)27-9;2*1-9-10(2)14(6)18-16(8)12(4)11(3)15(7)17(18)13(9)5;1-8-9(2)13(6)16-15(11(8)4)12(5)10(3)14(7)17-16/h1-12H3;1-10H3;1-9H3;2*1-8H3;1-7H3. The Balaban J connectivity index is 0.000000158. The van der Waals surface area contributed by atoms with Gasteiger partial charge in [0.05, 0.1) is 24.7 Å². The molecule has 1 aromatic heterocycles. The van der Waals surface area contributed by atoms with E-state index >= 15 is 0 Å². The van der Waals surface area contributed by atoms with Crippen LogP contribution in [0, 0.1) is 370 Å².